The molecule has 0 bridgehead atoms. The molecule has 0 unspecified atom stereocenters. The van der Waals surface area contributed by atoms with Gasteiger partial charge in [0.25, 0.3) is 0 Å². The number of nitrogens with zero attached hydrogens (tertiary/aromatic N) is 1. The molecule has 1 aromatic heterocycles. The van der Waals surface area contributed by atoms with Gasteiger partial charge in [0, 0.05) is 23.6 Å². The molecule has 0 spiro atoms. The van der Waals surface area contributed by atoms with E-state index in [-0.39, 0.29) is 11.8 Å². The molecule has 21 heavy (non-hydrogen) atoms. The van der Waals surface area contributed by atoms with Crippen molar-refractivity contribution in [3.8, 4) is 0 Å². The van der Waals surface area contributed by atoms with Gasteiger partial charge < -0.3 is 9.84 Å². The van der Waals surface area contributed by atoms with Crippen molar-refractivity contribution in [1.29, 1.82) is 0 Å². The zero-order valence-electron chi connectivity index (χ0n) is 13.4. The summed E-state index contributed by atoms with van der Waals surface area (Å²) in [5.74, 6) is 0.838. The second-order valence-electron chi connectivity index (χ2n) is 4.77. The summed E-state index contributed by atoms with van der Waals surface area (Å²) in [7, 11) is 0. The van der Waals surface area contributed by atoms with Gasteiger partial charge >= 0.3 is 0 Å². The molecule has 2 rings (SSSR count). The van der Waals surface area contributed by atoms with Gasteiger partial charge in [-0.2, -0.15) is 0 Å². The Bertz CT molecular complexity index is 561. The molecule has 4 nitrogen and oxygen atoms in total. The Labute approximate surface area is 126 Å². The SMILES string of the molecule is CC.Cc1onc([C@H](C)CC(=O)Nc2ccccc2)c1C. The Hall–Kier alpha value is -2.10. The van der Waals surface area contributed by atoms with Crippen molar-refractivity contribution < 1.29 is 9.32 Å². The van der Waals surface area contributed by atoms with Crippen LogP contribution in [0.15, 0.2) is 34.9 Å². The number of benzene rings is 1. The average Bonchev–Trinajstić information content (AvgIpc) is 2.82. The Balaban J connectivity index is 0.00000106. The van der Waals surface area contributed by atoms with Gasteiger partial charge in [-0.15, -0.1) is 0 Å². The van der Waals surface area contributed by atoms with Crippen molar-refractivity contribution in [2.45, 2.75) is 47.0 Å². The fraction of sp³-hybridized carbons (Fsp3) is 0.412. The molecule has 0 aliphatic heterocycles. The second-order valence-corrected chi connectivity index (χ2v) is 4.77. The maximum Gasteiger partial charge on any atom is 0.225 e. The molecule has 1 aromatic carbocycles. The van der Waals surface area contributed by atoms with Crippen LogP contribution in [-0.4, -0.2) is 11.1 Å². The second kappa shape index (κ2) is 8.25. The molecule has 1 N–H and O–H groups in total. The van der Waals surface area contributed by atoms with Crippen molar-refractivity contribution >= 4 is 11.6 Å². The van der Waals surface area contributed by atoms with Gasteiger partial charge in [0.1, 0.15) is 5.76 Å². The number of carbonyl (C=O) groups excluding carboxylic acids is 1. The summed E-state index contributed by atoms with van der Waals surface area (Å²) in [5, 5.41) is 6.89. The number of aromatic nitrogens is 1. The van der Waals surface area contributed by atoms with Gasteiger partial charge in [-0.05, 0) is 26.0 Å². The molecule has 0 saturated heterocycles. The molecule has 114 valence electrons. The van der Waals surface area contributed by atoms with E-state index in [1.165, 1.54) is 0 Å². The minimum Gasteiger partial charge on any atom is -0.361 e. The predicted octanol–water partition coefficient (Wildman–Crippen LogP) is 4.45. The quantitative estimate of drug-likeness (QED) is 0.904. The summed E-state index contributed by atoms with van der Waals surface area (Å²) in [6, 6.07) is 9.44. The van der Waals surface area contributed by atoms with Gasteiger partial charge in [-0.1, -0.05) is 44.1 Å². The Morgan fingerprint density at radius 2 is 1.86 bits per heavy atom. The Morgan fingerprint density at radius 1 is 1.24 bits per heavy atom. The number of carbonyl (C=O) groups is 1. The number of hydrogen-bond donors (Lipinski definition) is 1. The van der Waals surface area contributed by atoms with Gasteiger partial charge in [0.05, 0.1) is 5.69 Å². The molecule has 0 aliphatic rings. The monoisotopic (exact) mass is 288 g/mol. The van der Waals surface area contributed by atoms with Crippen LogP contribution in [0, 0.1) is 13.8 Å². The first-order valence-corrected chi connectivity index (χ1v) is 7.35. The molecule has 0 fully saturated rings. The fourth-order valence-electron chi connectivity index (χ4n) is 2.00. The van der Waals surface area contributed by atoms with Crippen LogP contribution in [0.2, 0.25) is 0 Å². The third kappa shape index (κ3) is 4.74. The Morgan fingerprint density at radius 3 is 2.38 bits per heavy atom. The van der Waals surface area contributed by atoms with E-state index in [9.17, 15) is 4.79 Å². The van der Waals surface area contributed by atoms with Crippen molar-refractivity contribution in [2.24, 2.45) is 0 Å². The first kappa shape index (κ1) is 17.0. The summed E-state index contributed by atoms with van der Waals surface area (Å²) in [6.45, 7) is 9.82. The van der Waals surface area contributed by atoms with Gasteiger partial charge in [0.2, 0.25) is 5.91 Å². The summed E-state index contributed by atoms with van der Waals surface area (Å²) >= 11 is 0. The maximum absolute atomic E-state index is 11.9. The van der Waals surface area contributed by atoms with Crippen LogP contribution in [0.3, 0.4) is 0 Å². The van der Waals surface area contributed by atoms with Crippen molar-refractivity contribution in [2.75, 3.05) is 5.32 Å². The highest BCUT2D eigenvalue weighted by atomic mass is 16.5. The number of amides is 1. The smallest absolute Gasteiger partial charge is 0.225 e. The van der Waals surface area contributed by atoms with E-state index in [0.717, 1.165) is 22.7 Å². The third-order valence-corrected chi connectivity index (χ3v) is 3.21. The van der Waals surface area contributed by atoms with Crippen LogP contribution in [0.1, 0.15) is 50.1 Å². The number of anilines is 1. The normalized spacial score (nSPS) is 11.3. The van der Waals surface area contributed by atoms with Gasteiger partial charge in [0.15, 0.2) is 0 Å². The molecule has 0 saturated carbocycles. The average molecular weight is 288 g/mol. The molecule has 2 aromatic rings. The minimum atomic E-state index is -0.0150. The van der Waals surface area contributed by atoms with Gasteiger partial charge in [-0.3, -0.25) is 4.79 Å². The largest absolute Gasteiger partial charge is 0.361 e. The van der Waals surface area contributed by atoms with Crippen LogP contribution in [-0.2, 0) is 4.79 Å². The lowest BCUT2D eigenvalue weighted by Gasteiger charge is -2.09. The zero-order chi connectivity index (χ0) is 15.8. The number of rotatable bonds is 4. The molecule has 4 heteroatoms. The highest BCUT2D eigenvalue weighted by molar-refractivity contribution is 5.91. The van der Waals surface area contributed by atoms with Crippen LogP contribution in [0.5, 0.6) is 0 Å². The Kier molecular flexibility index (Phi) is 6.66. The summed E-state index contributed by atoms with van der Waals surface area (Å²) < 4.78 is 5.13. The summed E-state index contributed by atoms with van der Waals surface area (Å²) in [4.78, 5) is 11.9. The van der Waals surface area contributed by atoms with Crippen molar-refractivity contribution in [1.82, 2.24) is 5.16 Å². The number of aryl methyl sites for hydroxylation is 1. The van der Waals surface area contributed by atoms with E-state index in [1.54, 1.807) is 0 Å². The number of hydrogen-bond acceptors (Lipinski definition) is 3. The van der Waals surface area contributed by atoms with Crippen molar-refractivity contribution in [3.63, 3.8) is 0 Å². The topological polar surface area (TPSA) is 55.1 Å². The highest BCUT2D eigenvalue weighted by Gasteiger charge is 2.18. The maximum atomic E-state index is 11.9. The standard InChI is InChI=1S/C15H18N2O2.C2H6/c1-10(15-11(2)12(3)19-17-15)9-14(18)16-13-7-5-4-6-8-13;1-2/h4-8,10H,9H2,1-3H3,(H,16,18);1-2H3/t10-;/m1./s1. The van der Waals surface area contributed by atoms with E-state index < -0.39 is 0 Å². The van der Waals surface area contributed by atoms with Crippen LogP contribution < -0.4 is 5.32 Å². The molecule has 0 radical (unpaired) electrons. The fourth-order valence-corrected chi connectivity index (χ4v) is 2.00. The highest BCUT2D eigenvalue weighted by Crippen LogP contribution is 2.23. The van der Waals surface area contributed by atoms with E-state index in [0.29, 0.717) is 6.42 Å². The predicted molar refractivity (Wildman–Crippen MR) is 85.4 cm³/mol. The molecule has 1 amide bonds. The van der Waals surface area contributed by atoms with E-state index >= 15 is 0 Å². The van der Waals surface area contributed by atoms with Crippen molar-refractivity contribution in [3.05, 3.63) is 47.3 Å². The third-order valence-electron chi connectivity index (χ3n) is 3.21. The first-order chi connectivity index (χ1) is 10.1. The van der Waals surface area contributed by atoms with Crippen LogP contribution >= 0.6 is 0 Å². The molecule has 1 heterocycles. The van der Waals surface area contributed by atoms with Gasteiger partial charge in [-0.25, -0.2) is 0 Å². The molecule has 1 atom stereocenters. The minimum absolute atomic E-state index is 0.0150. The van der Waals surface area contributed by atoms with E-state index in [1.807, 2.05) is 65.0 Å². The lowest BCUT2D eigenvalue weighted by atomic mass is 9.99. The summed E-state index contributed by atoms with van der Waals surface area (Å²) in [5.41, 5.74) is 2.70. The number of nitrogens with one attached hydrogen (secondary N) is 1. The van der Waals surface area contributed by atoms with Crippen LogP contribution in [0.4, 0.5) is 5.69 Å². The van der Waals surface area contributed by atoms with E-state index in [4.69, 9.17) is 4.52 Å². The molecular weight excluding hydrogens is 264 g/mol. The van der Waals surface area contributed by atoms with E-state index in [2.05, 4.69) is 10.5 Å². The molecule has 0 aliphatic carbocycles. The summed E-state index contributed by atoms with van der Waals surface area (Å²) in [6.07, 6.45) is 0.391. The lowest BCUT2D eigenvalue weighted by Crippen LogP contribution is -2.14. The van der Waals surface area contributed by atoms with Crippen LogP contribution in [0.25, 0.3) is 0 Å². The lowest BCUT2D eigenvalue weighted by molar-refractivity contribution is -0.116. The zero-order valence-corrected chi connectivity index (χ0v) is 13.4. The number of para-hydroxylation sites is 1. The molecular formula is C17H24N2O2. The first-order valence-electron chi connectivity index (χ1n) is 7.35.